The number of rotatable bonds is 7. The summed E-state index contributed by atoms with van der Waals surface area (Å²) in [5.41, 5.74) is 0. The zero-order chi connectivity index (χ0) is 11.1. The molecule has 0 spiro atoms. The monoisotopic (exact) mass is 230 g/mol. The number of hydrogen-bond donors (Lipinski definition) is 1. The van der Waals surface area contributed by atoms with Gasteiger partial charge in [0.05, 0.1) is 6.10 Å². The first-order valence-corrected chi connectivity index (χ1v) is 7.69. The van der Waals surface area contributed by atoms with Crippen molar-refractivity contribution in [3.8, 4) is 0 Å². The van der Waals surface area contributed by atoms with Gasteiger partial charge in [-0.1, -0.05) is 39.5 Å². The molecule has 0 aliphatic carbocycles. The summed E-state index contributed by atoms with van der Waals surface area (Å²) in [5.74, 6) is 3.79. The highest BCUT2D eigenvalue weighted by Gasteiger charge is 2.25. The van der Waals surface area contributed by atoms with Gasteiger partial charge >= 0.3 is 0 Å². The van der Waals surface area contributed by atoms with Crippen molar-refractivity contribution < 1.29 is 5.11 Å². The second-order valence-corrected chi connectivity index (χ2v) is 5.99. The first-order valence-electron chi connectivity index (χ1n) is 6.53. The van der Waals surface area contributed by atoms with Crippen LogP contribution in [0.2, 0.25) is 0 Å². The molecule has 1 heterocycles. The third kappa shape index (κ3) is 4.78. The van der Waals surface area contributed by atoms with Crippen LogP contribution in [0.15, 0.2) is 0 Å². The largest absolute Gasteiger partial charge is 0.393 e. The predicted molar refractivity (Wildman–Crippen MR) is 69.4 cm³/mol. The fraction of sp³-hybridized carbons (Fsp3) is 1.00. The lowest BCUT2D eigenvalue weighted by Gasteiger charge is -2.22. The Labute approximate surface area is 99.0 Å². The maximum absolute atomic E-state index is 10.1. The Balaban J connectivity index is 2.23. The highest BCUT2D eigenvalue weighted by atomic mass is 32.2. The van der Waals surface area contributed by atoms with E-state index in [1.165, 1.54) is 43.6 Å². The van der Waals surface area contributed by atoms with Crippen LogP contribution < -0.4 is 0 Å². The van der Waals surface area contributed by atoms with E-state index in [4.69, 9.17) is 0 Å². The average Bonchev–Trinajstić information content (AvgIpc) is 2.77. The molecule has 1 rings (SSSR count). The van der Waals surface area contributed by atoms with Gasteiger partial charge in [-0.3, -0.25) is 0 Å². The summed E-state index contributed by atoms with van der Waals surface area (Å²) in [5, 5.41) is 10.1. The zero-order valence-corrected chi connectivity index (χ0v) is 11.1. The van der Waals surface area contributed by atoms with Crippen molar-refractivity contribution in [1.29, 1.82) is 0 Å². The first-order chi connectivity index (χ1) is 7.27. The normalized spacial score (nSPS) is 25.4. The van der Waals surface area contributed by atoms with Crippen LogP contribution in [0.25, 0.3) is 0 Å². The summed E-state index contributed by atoms with van der Waals surface area (Å²) in [7, 11) is 0. The van der Waals surface area contributed by atoms with Crippen molar-refractivity contribution in [2.24, 2.45) is 11.8 Å². The molecule has 2 heteroatoms. The molecule has 0 amide bonds. The highest BCUT2D eigenvalue weighted by molar-refractivity contribution is 7.99. The third-order valence-electron chi connectivity index (χ3n) is 3.63. The lowest BCUT2D eigenvalue weighted by Crippen LogP contribution is -2.23. The van der Waals surface area contributed by atoms with Crippen LogP contribution in [0, 0.1) is 11.8 Å². The van der Waals surface area contributed by atoms with Gasteiger partial charge in [0.15, 0.2) is 0 Å². The Morgan fingerprint density at radius 2 is 2.20 bits per heavy atom. The Bertz CT molecular complexity index is 155. The third-order valence-corrected chi connectivity index (χ3v) is 4.82. The predicted octanol–water partition coefficient (Wildman–Crippen LogP) is 3.71. The quantitative estimate of drug-likeness (QED) is 0.719. The second kappa shape index (κ2) is 7.56. The minimum atomic E-state index is -0.0261. The summed E-state index contributed by atoms with van der Waals surface area (Å²) in [6.45, 7) is 4.51. The van der Waals surface area contributed by atoms with E-state index in [2.05, 4.69) is 13.8 Å². The lowest BCUT2D eigenvalue weighted by atomic mass is 9.88. The number of thioether (sulfide) groups is 1. The first kappa shape index (κ1) is 13.4. The van der Waals surface area contributed by atoms with Crippen LogP contribution in [0.4, 0.5) is 0 Å². The van der Waals surface area contributed by atoms with Gasteiger partial charge in [-0.15, -0.1) is 0 Å². The number of unbranched alkanes of at least 4 members (excludes halogenated alkanes) is 1. The van der Waals surface area contributed by atoms with E-state index in [0.29, 0.717) is 5.92 Å². The van der Waals surface area contributed by atoms with Gasteiger partial charge in [-0.2, -0.15) is 11.8 Å². The smallest absolute Gasteiger partial charge is 0.0579 e. The van der Waals surface area contributed by atoms with Crippen molar-refractivity contribution in [3.63, 3.8) is 0 Å². The maximum Gasteiger partial charge on any atom is 0.0579 e. The van der Waals surface area contributed by atoms with E-state index in [9.17, 15) is 5.11 Å². The number of aliphatic hydroxyl groups is 1. The van der Waals surface area contributed by atoms with Crippen molar-refractivity contribution >= 4 is 11.8 Å². The molecule has 0 saturated carbocycles. The molecule has 3 unspecified atom stereocenters. The van der Waals surface area contributed by atoms with Crippen LogP contribution >= 0.6 is 11.8 Å². The summed E-state index contributed by atoms with van der Waals surface area (Å²) in [4.78, 5) is 0. The molecular formula is C13H26OS. The fourth-order valence-electron chi connectivity index (χ4n) is 2.37. The molecule has 1 aliphatic rings. The van der Waals surface area contributed by atoms with Gasteiger partial charge in [-0.05, 0) is 36.2 Å². The molecule has 1 fully saturated rings. The molecule has 1 nitrogen and oxygen atoms in total. The molecule has 0 radical (unpaired) electrons. The molecule has 0 aromatic heterocycles. The Morgan fingerprint density at radius 1 is 1.40 bits per heavy atom. The van der Waals surface area contributed by atoms with E-state index in [-0.39, 0.29) is 6.10 Å². The van der Waals surface area contributed by atoms with Crippen molar-refractivity contribution in [2.75, 3.05) is 11.5 Å². The molecular weight excluding hydrogens is 204 g/mol. The Hall–Kier alpha value is 0.310. The maximum atomic E-state index is 10.1. The van der Waals surface area contributed by atoms with Gasteiger partial charge in [-0.25, -0.2) is 0 Å². The molecule has 15 heavy (non-hydrogen) atoms. The van der Waals surface area contributed by atoms with Crippen LogP contribution in [0.3, 0.4) is 0 Å². The summed E-state index contributed by atoms with van der Waals surface area (Å²) < 4.78 is 0. The molecule has 90 valence electrons. The van der Waals surface area contributed by atoms with Crippen LogP contribution in [-0.2, 0) is 0 Å². The molecule has 0 aromatic carbocycles. The van der Waals surface area contributed by atoms with Crippen molar-refractivity contribution in [3.05, 3.63) is 0 Å². The van der Waals surface area contributed by atoms with E-state index in [1.54, 1.807) is 0 Å². The van der Waals surface area contributed by atoms with Crippen LogP contribution in [-0.4, -0.2) is 22.7 Å². The summed E-state index contributed by atoms with van der Waals surface area (Å²) in [6, 6.07) is 0. The molecule has 0 aromatic rings. The average molecular weight is 230 g/mol. The van der Waals surface area contributed by atoms with Gasteiger partial charge in [0.25, 0.3) is 0 Å². The topological polar surface area (TPSA) is 20.2 Å². The number of aliphatic hydroxyl groups excluding tert-OH is 1. The van der Waals surface area contributed by atoms with Gasteiger partial charge in [0.2, 0.25) is 0 Å². The van der Waals surface area contributed by atoms with Gasteiger partial charge in [0.1, 0.15) is 0 Å². The molecule has 1 saturated heterocycles. The fourth-order valence-corrected chi connectivity index (χ4v) is 3.70. The molecule has 3 atom stereocenters. The molecule has 1 N–H and O–H groups in total. The SMILES string of the molecule is CCCCC(CC)CC(O)C1CCSC1. The molecule has 1 aliphatic heterocycles. The second-order valence-electron chi connectivity index (χ2n) is 4.84. The minimum Gasteiger partial charge on any atom is -0.393 e. The van der Waals surface area contributed by atoms with E-state index in [0.717, 1.165) is 12.3 Å². The standard InChI is InChI=1S/C13H26OS/c1-3-5-6-11(4-2)9-13(14)12-7-8-15-10-12/h11-14H,3-10H2,1-2H3. The van der Waals surface area contributed by atoms with E-state index >= 15 is 0 Å². The van der Waals surface area contributed by atoms with E-state index < -0.39 is 0 Å². The summed E-state index contributed by atoms with van der Waals surface area (Å²) >= 11 is 2.00. The van der Waals surface area contributed by atoms with Gasteiger partial charge in [0, 0.05) is 0 Å². The summed E-state index contributed by atoms with van der Waals surface area (Å²) in [6.07, 6.45) is 7.40. The number of hydrogen-bond acceptors (Lipinski definition) is 2. The van der Waals surface area contributed by atoms with Crippen molar-refractivity contribution in [2.45, 2.75) is 58.5 Å². The van der Waals surface area contributed by atoms with Crippen LogP contribution in [0.5, 0.6) is 0 Å². The van der Waals surface area contributed by atoms with E-state index in [1.807, 2.05) is 11.8 Å². The van der Waals surface area contributed by atoms with Gasteiger partial charge < -0.3 is 5.11 Å². The Kier molecular flexibility index (Phi) is 6.74. The highest BCUT2D eigenvalue weighted by Crippen LogP contribution is 2.30. The minimum absolute atomic E-state index is 0.0261. The molecule has 0 bridgehead atoms. The lowest BCUT2D eigenvalue weighted by molar-refractivity contribution is 0.0893. The van der Waals surface area contributed by atoms with Crippen LogP contribution in [0.1, 0.15) is 52.4 Å². The Morgan fingerprint density at radius 3 is 2.73 bits per heavy atom. The van der Waals surface area contributed by atoms with Crippen molar-refractivity contribution in [1.82, 2.24) is 0 Å². The zero-order valence-electron chi connectivity index (χ0n) is 10.2.